The van der Waals surface area contributed by atoms with Crippen LogP contribution in [0.15, 0.2) is 18.5 Å². The van der Waals surface area contributed by atoms with Gasteiger partial charge in [0.2, 0.25) is 0 Å². The van der Waals surface area contributed by atoms with Crippen molar-refractivity contribution >= 4 is 50.6 Å². The van der Waals surface area contributed by atoms with Crippen LogP contribution in [0, 0.1) is 0 Å². The number of hydrogen-bond acceptors (Lipinski definition) is 6. The maximum atomic E-state index is 13.2. The summed E-state index contributed by atoms with van der Waals surface area (Å²) >= 11 is 7.44. The molecule has 0 unspecified atom stereocenters. The van der Waals surface area contributed by atoms with Crippen LogP contribution in [0.3, 0.4) is 0 Å². The second kappa shape index (κ2) is 9.13. The second-order valence-corrected chi connectivity index (χ2v) is 11.0. The number of hydrogen-bond donors (Lipinski definition) is 2. The number of amides is 2. The molecular formula is C18H27ClN6O3S2. The first kappa shape index (κ1) is 22.9. The summed E-state index contributed by atoms with van der Waals surface area (Å²) < 4.78 is 31.9. The van der Waals surface area contributed by atoms with E-state index in [0.29, 0.717) is 28.6 Å². The van der Waals surface area contributed by atoms with E-state index in [1.807, 2.05) is 20.9 Å². The van der Waals surface area contributed by atoms with Crippen molar-refractivity contribution in [3.8, 4) is 0 Å². The van der Waals surface area contributed by atoms with Crippen LogP contribution in [0.5, 0.6) is 0 Å². The fourth-order valence-electron chi connectivity index (χ4n) is 3.51. The minimum Gasteiger partial charge on any atom is -0.306 e. The van der Waals surface area contributed by atoms with Gasteiger partial charge in [-0.3, -0.25) is 4.68 Å². The van der Waals surface area contributed by atoms with E-state index in [0.717, 1.165) is 18.0 Å². The third-order valence-electron chi connectivity index (χ3n) is 4.95. The molecule has 0 atom stereocenters. The van der Waals surface area contributed by atoms with Crippen molar-refractivity contribution in [3.05, 3.63) is 27.7 Å². The Labute approximate surface area is 186 Å². The monoisotopic (exact) mass is 474 g/mol. The Morgan fingerprint density at radius 3 is 2.57 bits per heavy atom. The highest BCUT2D eigenvalue weighted by atomic mass is 35.5. The first-order chi connectivity index (χ1) is 14.1. The number of rotatable bonds is 6. The molecule has 3 rings (SSSR count). The number of anilines is 2. The van der Waals surface area contributed by atoms with E-state index in [1.54, 1.807) is 19.3 Å². The molecule has 0 aliphatic carbocycles. The summed E-state index contributed by atoms with van der Waals surface area (Å²) in [7, 11) is -0.433. The van der Waals surface area contributed by atoms with Crippen LogP contribution >= 0.6 is 22.9 Å². The first-order valence-electron chi connectivity index (χ1n) is 9.66. The van der Waals surface area contributed by atoms with Crippen LogP contribution in [0.2, 0.25) is 4.34 Å². The predicted molar refractivity (Wildman–Crippen MR) is 121 cm³/mol. The molecule has 0 saturated carbocycles. The molecule has 166 valence electrons. The number of carbonyl (C=O) groups is 1. The minimum atomic E-state index is -4.15. The zero-order valence-electron chi connectivity index (χ0n) is 17.4. The maximum absolute atomic E-state index is 13.2. The molecule has 1 aliphatic heterocycles. The summed E-state index contributed by atoms with van der Waals surface area (Å²) in [5.41, 5.74) is 0.939. The number of nitrogens with zero attached hydrogens (tertiary/aromatic N) is 4. The summed E-state index contributed by atoms with van der Waals surface area (Å²) in [5, 5.41) is 6.73. The first-order valence-corrected chi connectivity index (χ1v) is 12.3. The normalized spacial score (nSPS) is 16.1. The van der Waals surface area contributed by atoms with Gasteiger partial charge in [0.05, 0.1) is 21.9 Å². The lowest BCUT2D eigenvalue weighted by Crippen LogP contribution is -2.52. The van der Waals surface area contributed by atoms with Gasteiger partial charge in [0.25, 0.3) is 0 Å². The van der Waals surface area contributed by atoms with E-state index in [4.69, 9.17) is 11.6 Å². The van der Waals surface area contributed by atoms with Crippen molar-refractivity contribution in [1.29, 1.82) is 0 Å². The number of aromatic nitrogens is 2. The van der Waals surface area contributed by atoms with Crippen molar-refractivity contribution in [2.24, 2.45) is 7.05 Å². The number of halogens is 1. The summed E-state index contributed by atoms with van der Waals surface area (Å²) in [6.45, 7) is 5.50. The molecule has 1 fully saturated rings. The summed E-state index contributed by atoms with van der Waals surface area (Å²) in [5.74, 6) is 0.139. The predicted octanol–water partition coefficient (Wildman–Crippen LogP) is 3.23. The van der Waals surface area contributed by atoms with Gasteiger partial charge in [0, 0.05) is 24.2 Å². The zero-order valence-corrected chi connectivity index (χ0v) is 19.8. The molecule has 2 N–H and O–H groups in total. The van der Waals surface area contributed by atoms with Crippen molar-refractivity contribution in [3.63, 3.8) is 0 Å². The van der Waals surface area contributed by atoms with Crippen molar-refractivity contribution in [1.82, 2.24) is 19.4 Å². The van der Waals surface area contributed by atoms with Gasteiger partial charge in [-0.1, -0.05) is 25.4 Å². The van der Waals surface area contributed by atoms with Gasteiger partial charge < -0.3 is 10.2 Å². The Morgan fingerprint density at radius 1 is 1.33 bits per heavy atom. The van der Waals surface area contributed by atoms with Crippen LogP contribution in [0.25, 0.3) is 0 Å². The van der Waals surface area contributed by atoms with E-state index in [-0.39, 0.29) is 12.0 Å². The van der Waals surface area contributed by atoms with Crippen LogP contribution < -0.4 is 14.3 Å². The largest absolute Gasteiger partial charge is 0.334 e. The van der Waals surface area contributed by atoms with Crippen molar-refractivity contribution < 1.29 is 13.2 Å². The Hall–Kier alpha value is -1.82. The lowest BCUT2D eigenvalue weighted by molar-refractivity contribution is 0.254. The number of urea groups is 1. The van der Waals surface area contributed by atoms with Crippen molar-refractivity contribution in [2.45, 2.75) is 38.6 Å². The van der Waals surface area contributed by atoms with E-state index >= 15 is 0 Å². The number of piperidine rings is 1. The summed E-state index contributed by atoms with van der Waals surface area (Å²) in [6, 6.07) is 0.537. The highest BCUT2D eigenvalue weighted by Gasteiger charge is 2.34. The van der Waals surface area contributed by atoms with Crippen LogP contribution in [0.4, 0.5) is 16.2 Å². The van der Waals surface area contributed by atoms with Crippen LogP contribution in [-0.4, -0.2) is 55.3 Å². The van der Waals surface area contributed by atoms with Crippen molar-refractivity contribution in [2.75, 3.05) is 29.8 Å². The Morgan fingerprint density at radius 2 is 2.00 bits per heavy atom. The molecule has 30 heavy (non-hydrogen) atoms. The van der Waals surface area contributed by atoms with Gasteiger partial charge >= 0.3 is 16.2 Å². The fourth-order valence-corrected chi connectivity index (χ4v) is 6.07. The molecule has 2 aromatic heterocycles. The molecule has 0 bridgehead atoms. The number of nitrogens with one attached hydrogen (secondary N) is 2. The van der Waals surface area contributed by atoms with E-state index < -0.39 is 16.2 Å². The average Bonchev–Trinajstić information content (AvgIpc) is 3.21. The standard InChI is InChI=1S/C18H27ClN6O3S2/c1-12(2)17-15(9-16(19)29-17)21-18(26)22-30(27,28)25(14-10-20-24(4)11-14)13-5-7-23(3)8-6-13/h9-13H,5-8H2,1-4H3,(H2,21,22,26). The highest BCUT2D eigenvalue weighted by Crippen LogP contribution is 2.36. The molecule has 0 spiro atoms. The lowest BCUT2D eigenvalue weighted by Gasteiger charge is -2.36. The number of likely N-dealkylation sites (tertiary alicyclic amines) is 1. The summed E-state index contributed by atoms with van der Waals surface area (Å²) in [6.07, 6.45) is 4.44. The quantitative estimate of drug-likeness (QED) is 0.669. The van der Waals surface area contributed by atoms with Gasteiger partial charge in [-0.05, 0) is 45.0 Å². The van der Waals surface area contributed by atoms with E-state index in [9.17, 15) is 13.2 Å². The van der Waals surface area contributed by atoms with Crippen LogP contribution in [-0.2, 0) is 17.3 Å². The van der Waals surface area contributed by atoms with E-state index in [2.05, 4.69) is 20.0 Å². The maximum Gasteiger partial charge on any atom is 0.334 e. The second-order valence-electron chi connectivity index (χ2n) is 7.75. The molecule has 0 radical (unpaired) electrons. The molecule has 1 aliphatic rings. The minimum absolute atomic E-state index is 0.139. The Bertz CT molecular complexity index is 995. The molecule has 1 saturated heterocycles. The van der Waals surface area contributed by atoms with Gasteiger partial charge in [0.15, 0.2) is 0 Å². The zero-order chi connectivity index (χ0) is 22.1. The number of aryl methyl sites for hydroxylation is 1. The number of carbonyl (C=O) groups excluding carboxylic acids is 1. The van der Waals surface area contributed by atoms with Crippen LogP contribution in [0.1, 0.15) is 37.5 Å². The fraction of sp³-hybridized carbons (Fsp3) is 0.556. The van der Waals surface area contributed by atoms with Gasteiger partial charge in [-0.2, -0.15) is 13.5 Å². The smallest absolute Gasteiger partial charge is 0.306 e. The molecular weight excluding hydrogens is 448 g/mol. The molecule has 12 heteroatoms. The van der Waals surface area contributed by atoms with E-state index in [1.165, 1.54) is 26.5 Å². The molecule has 9 nitrogen and oxygen atoms in total. The van der Waals surface area contributed by atoms with Gasteiger partial charge in [-0.25, -0.2) is 13.8 Å². The highest BCUT2D eigenvalue weighted by molar-refractivity contribution is 7.91. The SMILES string of the molecule is CC(C)c1sc(Cl)cc1NC(=O)NS(=O)(=O)N(c1cnn(C)c1)C1CCN(C)CC1. The Kier molecular flexibility index (Phi) is 6.95. The molecule has 3 heterocycles. The third-order valence-corrected chi connectivity index (χ3v) is 7.98. The van der Waals surface area contributed by atoms with Gasteiger partial charge in [-0.15, -0.1) is 11.3 Å². The van der Waals surface area contributed by atoms with Gasteiger partial charge in [0.1, 0.15) is 0 Å². The molecule has 0 aromatic carbocycles. The average molecular weight is 475 g/mol. The third kappa shape index (κ3) is 5.26. The molecule has 2 aromatic rings. The lowest BCUT2D eigenvalue weighted by atomic mass is 10.1. The Balaban J connectivity index is 1.82. The number of thiophene rings is 1. The topological polar surface area (TPSA) is 99.6 Å². The molecule has 2 amide bonds. The summed E-state index contributed by atoms with van der Waals surface area (Å²) in [4.78, 5) is 15.6.